The van der Waals surface area contributed by atoms with E-state index in [-0.39, 0.29) is 18.2 Å². The van der Waals surface area contributed by atoms with Gasteiger partial charge in [-0.05, 0) is 48.2 Å². The Balaban J connectivity index is 1.28. The van der Waals surface area contributed by atoms with E-state index in [1.165, 1.54) is 12.1 Å². The summed E-state index contributed by atoms with van der Waals surface area (Å²) in [5.41, 5.74) is 6.39. The lowest BCUT2D eigenvalue weighted by Gasteiger charge is -2.06. The van der Waals surface area contributed by atoms with Gasteiger partial charge in [-0.25, -0.2) is 14.4 Å². The average molecular weight is 533 g/mol. The molecule has 40 heavy (non-hydrogen) atoms. The minimum absolute atomic E-state index is 0.0154. The summed E-state index contributed by atoms with van der Waals surface area (Å²) in [4.78, 5) is 44.4. The summed E-state index contributed by atoms with van der Waals surface area (Å²) in [6, 6.07) is 8.31. The number of imidazole rings is 1. The number of aromatic nitrogens is 7. The largest absolute Gasteiger partial charge is 0.335 e. The zero-order valence-corrected chi connectivity index (χ0v) is 21.0. The number of anilines is 1. The van der Waals surface area contributed by atoms with Crippen molar-refractivity contribution in [2.24, 2.45) is 5.92 Å². The zero-order chi connectivity index (χ0) is 27.2. The minimum atomic E-state index is -0.439. The molecule has 5 heterocycles. The number of H-pyrrole nitrogens is 2. The SMILES string of the molecule is O=CCc1cc(F)cc(-c2cncc3[nH]c(-c4[nH]nc5ncc(-c6cncc(NC(=O)C7CC7)c6)cc45)nc23)c1. The fourth-order valence-electron chi connectivity index (χ4n) is 4.78. The van der Waals surface area contributed by atoms with E-state index in [1.807, 2.05) is 12.1 Å². The summed E-state index contributed by atoms with van der Waals surface area (Å²) in [6.45, 7) is 0. The number of halogens is 1. The van der Waals surface area contributed by atoms with Crippen LogP contribution in [0.4, 0.5) is 10.1 Å². The van der Waals surface area contributed by atoms with Gasteiger partial charge in [0.1, 0.15) is 17.8 Å². The van der Waals surface area contributed by atoms with E-state index in [0.717, 1.165) is 35.6 Å². The molecule has 10 nitrogen and oxygen atoms in total. The molecule has 5 aromatic heterocycles. The second-order valence-corrected chi connectivity index (χ2v) is 9.81. The molecule has 0 spiro atoms. The number of fused-ring (bicyclic) bond motifs is 2. The minimum Gasteiger partial charge on any atom is -0.335 e. The number of pyridine rings is 3. The molecular weight excluding hydrogens is 511 g/mol. The van der Waals surface area contributed by atoms with Gasteiger partial charge in [0.25, 0.3) is 0 Å². The van der Waals surface area contributed by atoms with Crippen molar-refractivity contribution in [2.45, 2.75) is 19.3 Å². The summed E-state index contributed by atoms with van der Waals surface area (Å²) in [7, 11) is 0. The molecule has 3 N–H and O–H groups in total. The molecule has 1 aliphatic carbocycles. The lowest BCUT2D eigenvalue weighted by Crippen LogP contribution is -2.13. The first-order chi connectivity index (χ1) is 19.6. The standard InChI is InChI=1S/C29H21FN8O2/c30-20-6-15(3-4-39)5-17(7-20)23-13-32-14-24-25(23)36-28(35-24)26-22-9-19(11-33-27(22)38-37-26)18-8-21(12-31-10-18)34-29(40)16-1-2-16/h4-14,16H,1-3H2,(H,34,40)(H,35,36)(H,33,37,38). The molecule has 11 heteroatoms. The molecule has 196 valence electrons. The van der Waals surface area contributed by atoms with E-state index in [9.17, 15) is 14.0 Å². The normalized spacial score (nSPS) is 13.1. The molecule has 0 aliphatic heterocycles. The van der Waals surface area contributed by atoms with Crippen molar-refractivity contribution in [3.8, 4) is 33.8 Å². The summed E-state index contributed by atoms with van der Waals surface area (Å²) in [5, 5.41) is 11.0. The van der Waals surface area contributed by atoms with Crippen LogP contribution in [0.3, 0.4) is 0 Å². The van der Waals surface area contributed by atoms with E-state index >= 15 is 0 Å². The van der Waals surface area contributed by atoms with Gasteiger partial charge < -0.3 is 15.1 Å². The van der Waals surface area contributed by atoms with Crippen LogP contribution in [0.15, 0.2) is 61.3 Å². The monoisotopic (exact) mass is 532 g/mol. The lowest BCUT2D eigenvalue weighted by molar-refractivity contribution is -0.117. The van der Waals surface area contributed by atoms with Crippen LogP contribution in [0, 0.1) is 11.7 Å². The fourth-order valence-corrected chi connectivity index (χ4v) is 4.78. The third-order valence-corrected chi connectivity index (χ3v) is 6.92. The number of carbonyl (C=O) groups is 2. The lowest BCUT2D eigenvalue weighted by atomic mass is 10.0. The number of hydrogen-bond donors (Lipinski definition) is 3. The van der Waals surface area contributed by atoms with E-state index in [2.05, 4.69) is 35.5 Å². The highest BCUT2D eigenvalue weighted by molar-refractivity contribution is 5.97. The molecule has 0 atom stereocenters. The van der Waals surface area contributed by atoms with Crippen LogP contribution in [0.5, 0.6) is 0 Å². The van der Waals surface area contributed by atoms with Crippen molar-refractivity contribution < 1.29 is 14.0 Å². The number of nitrogens with one attached hydrogen (secondary N) is 3. The number of rotatable bonds is 7. The quantitative estimate of drug-likeness (QED) is 0.249. The molecule has 0 saturated heterocycles. The Bertz CT molecular complexity index is 1940. The van der Waals surface area contributed by atoms with Crippen LogP contribution in [0.25, 0.3) is 55.8 Å². The topological polar surface area (TPSA) is 142 Å². The van der Waals surface area contributed by atoms with Crippen LogP contribution < -0.4 is 5.32 Å². The molecule has 6 aromatic rings. The van der Waals surface area contributed by atoms with Gasteiger partial charge in [0, 0.05) is 47.6 Å². The summed E-state index contributed by atoms with van der Waals surface area (Å²) in [5.74, 6) is 0.181. The number of nitrogens with zero attached hydrogens (tertiary/aromatic N) is 5. The number of benzene rings is 1. The maximum absolute atomic E-state index is 14.3. The first-order valence-electron chi connectivity index (χ1n) is 12.7. The molecule has 1 saturated carbocycles. The Hall–Kier alpha value is -5.32. The molecule has 7 rings (SSSR count). The van der Waals surface area contributed by atoms with Crippen LogP contribution in [-0.4, -0.2) is 47.3 Å². The molecule has 0 unspecified atom stereocenters. The third kappa shape index (κ3) is 4.37. The van der Waals surface area contributed by atoms with Crippen molar-refractivity contribution in [2.75, 3.05) is 5.32 Å². The predicted octanol–water partition coefficient (Wildman–Crippen LogP) is 4.85. The highest BCUT2D eigenvalue weighted by atomic mass is 19.1. The highest BCUT2D eigenvalue weighted by Crippen LogP contribution is 2.34. The van der Waals surface area contributed by atoms with E-state index in [1.54, 1.807) is 37.1 Å². The smallest absolute Gasteiger partial charge is 0.227 e. The van der Waals surface area contributed by atoms with Crippen LogP contribution in [-0.2, 0) is 16.0 Å². The van der Waals surface area contributed by atoms with Gasteiger partial charge in [0.2, 0.25) is 5.91 Å². The van der Waals surface area contributed by atoms with Crippen LogP contribution in [0.2, 0.25) is 0 Å². The first-order valence-corrected chi connectivity index (χ1v) is 12.7. The molecule has 1 fully saturated rings. The van der Waals surface area contributed by atoms with E-state index in [0.29, 0.717) is 50.6 Å². The Labute approximate surface area is 226 Å². The Morgan fingerprint density at radius 1 is 1.00 bits per heavy atom. The van der Waals surface area contributed by atoms with Crippen molar-refractivity contribution in [1.29, 1.82) is 0 Å². The number of carbonyl (C=O) groups excluding carboxylic acids is 2. The van der Waals surface area contributed by atoms with E-state index < -0.39 is 5.82 Å². The zero-order valence-electron chi connectivity index (χ0n) is 21.0. The van der Waals surface area contributed by atoms with Gasteiger partial charge in [0.05, 0.1) is 34.5 Å². The van der Waals surface area contributed by atoms with Gasteiger partial charge in [-0.2, -0.15) is 5.10 Å². The van der Waals surface area contributed by atoms with Crippen molar-refractivity contribution >= 4 is 39.9 Å². The molecule has 1 aromatic carbocycles. The maximum Gasteiger partial charge on any atom is 0.227 e. The van der Waals surface area contributed by atoms with Gasteiger partial charge in [-0.15, -0.1) is 0 Å². The molecular formula is C29H21FN8O2. The second-order valence-electron chi connectivity index (χ2n) is 9.81. The maximum atomic E-state index is 14.3. The van der Waals surface area contributed by atoms with Crippen LogP contribution >= 0.6 is 0 Å². The Morgan fingerprint density at radius 2 is 1.85 bits per heavy atom. The molecule has 0 radical (unpaired) electrons. The first kappa shape index (κ1) is 23.8. The predicted molar refractivity (Wildman–Crippen MR) is 147 cm³/mol. The Morgan fingerprint density at radius 3 is 2.70 bits per heavy atom. The molecule has 1 amide bonds. The number of aldehydes is 1. The summed E-state index contributed by atoms with van der Waals surface area (Å²) >= 11 is 0. The van der Waals surface area contributed by atoms with Crippen LogP contribution in [0.1, 0.15) is 18.4 Å². The average Bonchev–Trinajstić information content (AvgIpc) is 3.59. The van der Waals surface area contributed by atoms with E-state index in [4.69, 9.17) is 4.98 Å². The number of amides is 1. The van der Waals surface area contributed by atoms with Gasteiger partial charge >= 0.3 is 0 Å². The number of hydrogen-bond acceptors (Lipinski definition) is 7. The third-order valence-electron chi connectivity index (χ3n) is 6.92. The van der Waals surface area contributed by atoms with Crippen molar-refractivity contribution in [3.05, 3.63) is 72.7 Å². The van der Waals surface area contributed by atoms with Gasteiger partial charge in [-0.1, -0.05) is 6.07 Å². The van der Waals surface area contributed by atoms with Gasteiger partial charge in [0.15, 0.2) is 11.5 Å². The number of aromatic amines is 2. The molecule has 0 bridgehead atoms. The Kier molecular flexibility index (Phi) is 5.62. The van der Waals surface area contributed by atoms with Crippen molar-refractivity contribution in [3.63, 3.8) is 0 Å². The highest BCUT2D eigenvalue weighted by Gasteiger charge is 2.29. The molecule has 1 aliphatic rings. The summed E-state index contributed by atoms with van der Waals surface area (Å²) < 4.78 is 14.3. The fraction of sp³-hybridized carbons (Fsp3) is 0.138. The second kappa shape index (κ2) is 9.45. The van der Waals surface area contributed by atoms with Gasteiger partial charge in [-0.3, -0.25) is 19.9 Å². The summed E-state index contributed by atoms with van der Waals surface area (Å²) in [6.07, 6.45) is 11.0. The van der Waals surface area contributed by atoms with Crippen molar-refractivity contribution in [1.82, 2.24) is 35.1 Å².